The third-order valence-corrected chi connectivity index (χ3v) is 1.95. The van der Waals surface area contributed by atoms with Crippen molar-refractivity contribution in [3.8, 4) is 11.8 Å². The molecule has 1 aromatic carbocycles. The third-order valence-electron chi connectivity index (χ3n) is 1.95. The molecule has 0 fully saturated rings. The molecule has 3 heteroatoms. The van der Waals surface area contributed by atoms with Crippen molar-refractivity contribution in [3.05, 3.63) is 29.8 Å². The number of hydrogen-bond donors (Lipinski definition) is 1. The summed E-state index contributed by atoms with van der Waals surface area (Å²) in [5.74, 6) is 0.724. The summed E-state index contributed by atoms with van der Waals surface area (Å²) in [6.45, 7) is 3.68. The van der Waals surface area contributed by atoms with Crippen LogP contribution in [0.15, 0.2) is 24.3 Å². The van der Waals surface area contributed by atoms with E-state index in [-0.39, 0.29) is 6.04 Å². The van der Waals surface area contributed by atoms with E-state index in [1.807, 2.05) is 37.3 Å². The fourth-order valence-corrected chi connectivity index (χ4v) is 1.35. The number of hydrogen-bond acceptors (Lipinski definition) is 3. The van der Waals surface area contributed by atoms with E-state index in [9.17, 15) is 0 Å². The average molecular weight is 204 g/mol. The van der Waals surface area contributed by atoms with Gasteiger partial charge in [0.25, 0.3) is 0 Å². The van der Waals surface area contributed by atoms with Gasteiger partial charge in [0.05, 0.1) is 0 Å². The molecule has 80 valence electrons. The number of nitrogens with zero attached hydrogens (tertiary/aromatic N) is 1. The molecule has 0 aliphatic heterocycles. The Morgan fingerprint density at radius 2 is 2.20 bits per heavy atom. The molecule has 2 atom stereocenters. The van der Waals surface area contributed by atoms with Crippen molar-refractivity contribution in [3.63, 3.8) is 0 Å². The van der Waals surface area contributed by atoms with E-state index in [4.69, 9.17) is 15.7 Å². The Balaban J connectivity index is 2.70. The molecular formula is C12H16N2O. The molecule has 0 bridgehead atoms. The molecule has 0 aliphatic rings. The summed E-state index contributed by atoms with van der Waals surface area (Å²) in [7, 11) is 0. The third kappa shape index (κ3) is 4.01. The van der Waals surface area contributed by atoms with Crippen LogP contribution in [0.5, 0.6) is 5.75 Å². The van der Waals surface area contributed by atoms with Gasteiger partial charge in [-0.05, 0) is 38.0 Å². The van der Waals surface area contributed by atoms with E-state index in [0.29, 0.717) is 0 Å². The molecule has 2 unspecified atom stereocenters. The Bertz CT molecular complexity index is 355. The minimum Gasteiger partial charge on any atom is -0.476 e. The lowest BCUT2D eigenvalue weighted by Crippen LogP contribution is -2.17. The van der Waals surface area contributed by atoms with E-state index in [1.54, 1.807) is 6.92 Å². The summed E-state index contributed by atoms with van der Waals surface area (Å²) >= 11 is 0. The highest BCUT2D eigenvalue weighted by Crippen LogP contribution is 2.15. The Morgan fingerprint density at radius 3 is 2.80 bits per heavy atom. The molecule has 3 nitrogen and oxygen atoms in total. The van der Waals surface area contributed by atoms with E-state index in [1.165, 1.54) is 0 Å². The van der Waals surface area contributed by atoms with Crippen LogP contribution in [0.25, 0.3) is 0 Å². The highest BCUT2D eigenvalue weighted by molar-refractivity contribution is 5.29. The number of ether oxygens (including phenoxy) is 1. The molecule has 0 aromatic heterocycles. The van der Waals surface area contributed by atoms with Gasteiger partial charge >= 0.3 is 0 Å². The molecule has 0 heterocycles. The van der Waals surface area contributed by atoms with Crippen molar-refractivity contribution in [2.45, 2.75) is 32.4 Å². The Kier molecular flexibility index (Phi) is 4.14. The van der Waals surface area contributed by atoms with Gasteiger partial charge in [-0.3, -0.25) is 0 Å². The van der Waals surface area contributed by atoms with Crippen LogP contribution in [0.2, 0.25) is 0 Å². The van der Waals surface area contributed by atoms with Crippen LogP contribution in [0.4, 0.5) is 0 Å². The number of rotatable bonds is 4. The van der Waals surface area contributed by atoms with Crippen LogP contribution >= 0.6 is 0 Å². The van der Waals surface area contributed by atoms with Gasteiger partial charge in [0, 0.05) is 6.04 Å². The summed E-state index contributed by atoms with van der Waals surface area (Å²) in [6, 6.07) is 9.85. The average Bonchev–Trinajstić information content (AvgIpc) is 2.17. The van der Waals surface area contributed by atoms with Crippen molar-refractivity contribution in [2.75, 3.05) is 0 Å². The van der Waals surface area contributed by atoms with Gasteiger partial charge in [0.1, 0.15) is 11.8 Å². The number of benzene rings is 1. The Labute approximate surface area is 90.5 Å². The van der Waals surface area contributed by atoms with Gasteiger partial charge < -0.3 is 10.5 Å². The van der Waals surface area contributed by atoms with Crippen LogP contribution in [-0.2, 0) is 6.42 Å². The maximum Gasteiger partial charge on any atom is 0.181 e. The second-order valence-corrected chi connectivity index (χ2v) is 3.72. The van der Waals surface area contributed by atoms with Crippen LogP contribution in [0.1, 0.15) is 19.4 Å². The van der Waals surface area contributed by atoms with Gasteiger partial charge in [-0.2, -0.15) is 5.26 Å². The molecule has 0 aliphatic carbocycles. The molecule has 2 N–H and O–H groups in total. The first kappa shape index (κ1) is 11.5. The molecule has 0 radical (unpaired) electrons. The van der Waals surface area contributed by atoms with Crippen molar-refractivity contribution < 1.29 is 4.74 Å². The quantitative estimate of drug-likeness (QED) is 0.814. The molecule has 0 amide bonds. The molecule has 15 heavy (non-hydrogen) atoms. The lowest BCUT2D eigenvalue weighted by atomic mass is 10.1. The summed E-state index contributed by atoms with van der Waals surface area (Å²) in [4.78, 5) is 0. The topological polar surface area (TPSA) is 59.0 Å². The Hall–Kier alpha value is -1.53. The van der Waals surface area contributed by atoms with E-state index >= 15 is 0 Å². The zero-order valence-electron chi connectivity index (χ0n) is 9.10. The van der Waals surface area contributed by atoms with Gasteiger partial charge in [0.2, 0.25) is 0 Å². The molecule has 0 saturated carbocycles. The molecule has 0 saturated heterocycles. The molecule has 0 spiro atoms. The first-order chi connectivity index (χ1) is 7.11. The number of nitriles is 1. The second-order valence-electron chi connectivity index (χ2n) is 3.72. The minimum atomic E-state index is -0.421. The van der Waals surface area contributed by atoms with Crippen molar-refractivity contribution >= 4 is 0 Å². The first-order valence-corrected chi connectivity index (χ1v) is 5.02. The second kappa shape index (κ2) is 5.38. The maximum atomic E-state index is 8.62. The summed E-state index contributed by atoms with van der Waals surface area (Å²) < 4.78 is 5.38. The lowest BCUT2D eigenvalue weighted by molar-refractivity contribution is 0.276. The van der Waals surface area contributed by atoms with Crippen molar-refractivity contribution in [1.82, 2.24) is 0 Å². The smallest absolute Gasteiger partial charge is 0.181 e. The van der Waals surface area contributed by atoms with Gasteiger partial charge in [-0.1, -0.05) is 12.1 Å². The van der Waals surface area contributed by atoms with Gasteiger partial charge in [-0.25, -0.2) is 0 Å². The van der Waals surface area contributed by atoms with Crippen LogP contribution < -0.4 is 10.5 Å². The molecule has 1 aromatic rings. The zero-order valence-corrected chi connectivity index (χ0v) is 9.10. The van der Waals surface area contributed by atoms with E-state index in [2.05, 4.69) is 0 Å². The van der Waals surface area contributed by atoms with Crippen LogP contribution in [0, 0.1) is 11.3 Å². The standard InChI is InChI=1S/C12H16N2O/c1-9(14)6-11-4-3-5-12(7-11)15-10(2)8-13/h3-5,7,9-10H,6,14H2,1-2H3. The van der Waals surface area contributed by atoms with E-state index in [0.717, 1.165) is 17.7 Å². The molecule has 1 rings (SSSR count). The molecular weight excluding hydrogens is 188 g/mol. The summed E-state index contributed by atoms with van der Waals surface area (Å²) in [5.41, 5.74) is 6.84. The summed E-state index contributed by atoms with van der Waals surface area (Å²) in [5, 5.41) is 8.62. The highest BCUT2D eigenvalue weighted by atomic mass is 16.5. The zero-order chi connectivity index (χ0) is 11.3. The summed E-state index contributed by atoms with van der Waals surface area (Å²) in [6.07, 6.45) is 0.397. The lowest BCUT2D eigenvalue weighted by Gasteiger charge is -2.10. The van der Waals surface area contributed by atoms with Crippen LogP contribution in [0.3, 0.4) is 0 Å². The van der Waals surface area contributed by atoms with Gasteiger partial charge in [-0.15, -0.1) is 0 Å². The fraction of sp³-hybridized carbons (Fsp3) is 0.417. The van der Waals surface area contributed by atoms with E-state index < -0.39 is 6.10 Å². The van der Waals surface area contributed by atoms with Gasteiger partial charge in [0.15, 0.2) is 6.10 Å². The predicted molar refractivity (Wildman–Crippen MR) is 59.5 cm³/mol. The largest absolute Gasteiger partial charge is 0.476 e. The van der Waals surface area contributed by atoms with Crippen molar-refractivity contribution in [1.29, 1.82) is 5.26 Å². The fourth-order valence-electron chi connectivity index (χ4n) is 1.35. The highest BCUT2D eigenvalue weighted by Gasteiger charge is 2.03. The normalized spacial score (nSPS) is 14.0. The predicted octanol–water partition coefficient (Wildman–Crippen LogP) is 1.87. The Morgan fingerprint density at radius 1 is 1.47 bits per heavy atom. The SMILES string of the molecule is CC(N)Cc1cccc(OC(C)C#N)c1. The van der Waals surface area contributed by atoms with Crippen LogP contribution in [-0.4, -0.2) is 12.1 Å². The monoisotopic (exact) mass is 204 g/mol. The maximum absolute atomic E-state index is 8.62. The minimum absolute atomic E-state index is 0.133. The first-order valence-electron chi connectivity index (χ1n) is 5.02. The number of nitrogens with two attached hydrogens (primary N) is 1. The van der Waals surface area contributed by atoms with Crippen molar-refractivity contribution in [2.24, 2.45) is 5.73 Å².